The van der Waals surface area contributed by atoms with E-state index in [-0.39, 0.29) is 5.56 Å². The fourth-order valence-corrected chi connectivity index (χ4v) is 3.94. The molecule has 2 aromatic rings. The number of carbonyl (C=O) groups is 1. The summed E-state index contributed by atoms with van der Waals surface area (Å²) in [5.41, 5.74) is 3.45. The number of rotatable bonds is 3. The van der Waals surface area contributed by atoms with Crippen LogP contribution in [-0.4, -0.2) is 16.1 Å². The summed E-state index contributed by atoms with van der Waals surface area (Å²) in [6.45, 7) is 1.92. The van der Waals surface area contributed by atoms with Gasteiger partial charge in [0.15, 0.2) is 0 Å². The fourth-order valence-electron chi connectivity index (χ4n) is 2.67. The largest absolute Gasteiger partial charge is 0.281 e. The van der Waals surface area contributed by atoms with Crippen LogP contribution in [0.25, 0.3) is 10.2 Å². The van der Waals surface area contributed by atoms with E-state index < -0.39 is 0 Å². The van der Waals surface area contributed by atoms with Gasteiger partial charge in [-0.2, -0.15) is 0 Å². The zero-order chi connectivity index (χ0) is 13.4. The third-order valence-corrected chi connectivity index (χ3v) is 4.74. The number of carbonyl (C=O) groups excluding carboxylic acids is 1. The first-order chi connectivity index (χ1) is 9.26. The minimum atomic E-state index is -0.145. The van der Waals surface area contributed by atoms with Gasteiger partial charge in [-0.05, 0) is 31.2 Å². The highest BCUT2D eigenvalue weighted by atomic mass is 32.1. The maximum atomic E-state index is 12.5. The Morgan fingerprint density at radius 1 is 1.42 bits per heavy atom. The molecule has 6 heteroatoms. The van der Waals surface area contributed by atoms with Crippen LogP contribution in [0.1, 0.15) is 36.0 Å². The molecule has 0 spiro atoms. The van der Waals surface area contributed by atoms with Crippen LogP contribution in [-0.2, 0) is 24.1 Å². The first-order valence-electron chi connectivity index (χ1n) is 6.52. The van der Waals surface area contributed by atoms with Gasteiger partial charge in [0.05, 0.1) is 5.39 Å². The smallest absolute Gasteiger partial charge is 0.277 e. The summed E-state index contributed by atoms with van der Waals surface area (Å²) < 4.78 is 1.27. The number of hydrogen-bond donors (Lipinski definition) is 1. The molecule has 2 heterocycles. The van der Waals surface area contributed by atoms with Gasteiger partial charge < -0.3 is 0 Å². The monoisotopic (exact) mass is 277 g/mol. The van der Waals surface area contributed by atoms with E-state index in [0.717, 1.165) is 29.7 Å². The van der Waals surface area contributed by atoms with Gasteiger partial charge >= 0.3 is 0 Å². The Labute approximate surface area is 114 Å². The van der Waals surface area contributed by atoms with Crippen LogP contribution < -0.4 is 11.0 Å². The number of amides is 1. The van der Waals surface area contributed by atoms with Crippen molar-refractivity contribution in [3.8, 4) is 0 Å². The first-order valence-corrected chi connectivity index (χ1v) is 7.34. The predicted octanol–water partition coefficient (Wildman–Crippen LogP) is 1.60. The van der Waals surface area contributed by atoms with Gasteiger partial charge in [0.25, 0.3) is 5.56 Å². The summed E-state index contributed by atoms with van der Waals surface area (Å²) >= 11 is 1.63. The summed E-state index contributed by atoms with van der Waals surface area (Å²) in [6, 6.07) is 0. The molecule has 3 rings (SSSR count). The van der Waals surface area contributed by atoms with Crippen LogP contribution in [0.2, 0.25) is 0 Å². The number of aryl methyl sites for hydroxylation is 3. The van der Waals surface area contributed by atoms with Crippen molar-refractivity contribution in [3.63, 3.8) is 0 Å². The molecule has 2 aromatic heterocycles. The lowest BCUT2D eigenvalue weighted by atomic mass is 9.97. The van der Waals surface area contributed by atoms with E-state index in [1.807, 2.05) is 6.92 Å². The third-order valence-electron chi connectivity index (χ3n) is 3.56. The second-order valence-corrected chi connectivity index (χ2v) is 5.74. The fraction of sp³-hybridized carbons (Fsp3) is 0.462. The Morgan fingerprint density at radius 3 is 2.95 bits per heavy atom. The topological polar surface area (TPSA) is 64.0 Å². The van der Waals surface area contributed by atoms with Crippen molar-refractivity contribution in [1.29, 1.82) is 0 Å². The SMILES string of the molecule is CCc1nc2sc3c(c2c(=O)n1NC=O)CCCC3. The van der Waals surface area contributed by atoms with Crippen molar-refractivity contribution in [2.45, 2.75) is 39.0 Å². The number of hydrogen-bond acceptors (Lipinski definition) is 4. The molecule has 5 nitrogen and oxygen atoms in total. The molecule has 1 N–H and O–H groups in total. The molecular formula is C13H15N3O2S. The third kappa shape index (κ3) is 1.87. The average molecular weight is 277 g/mol. The van der Waals surface area contributed by atoms with Crippen LogP contribution in [0.4, 0.5) is 0 Å². The minimum Gasteiger partial charge on any atom is -0.277 e. The van der Waals surface area contributed by atoms with Crippen molar-refractivity contribution in [2.75, 3.05) is 5.43 Å². The number of fused-ring (bicyclic) bond motifs is 3. The summed E-state index contributed by atoms with van der Waals surface area (Å²) in [7, 11) is 0. The molecule has 0 fully saturated rings. The highest BCUT2D eigenvalue weighted by molar-refractivity contribution is 7.18. The van der Waals surface area contributed by atoms with Gasteiger partial charge in [0, 0.05) is 11.3 Å². The molecule has 0 saturated carbocycles. The number of nitrogens with zero attached hydrogens (tertiary/aromatic N) is 2. The predicted molar refractivity (Wildman–Crippen MR) is 75.3 cm³/mol. The van der Waals surface area contributed by atoms with E-state index in [2.05, 4.69) is 10.4 Å². The van der Waals surface area contributed by atoms with Crippen LogP contribution in [0.3, 0.4) is 0 Å². The number of nitrogens with one attached hydrogen (secondary N) is 1. The van der Waals surface area contributed by atoms with Gasteiger partial charge in [-0.3, -0.25) is 15.0 Å². The molecule has 0 unspecified atom stereocenters. The minimum absolute atomic E-state index is 0.145. The molecule has 0 atom stereocenters. The average Bonchev–Trinajstić information content (AvgIpc) is 2.80. The molecular weight excluding hydrogens is 262 g/mol. The Morgan fingerprint density at radius 2 is 2.21 bits per heavy atom. The van der Waals surface area contributed by atoms with Gasteiger partial charge in [0.1, 0.15) is 10.7 Å². The summed E-state index contributed by atoms with van der Waals surface area (Å²) in [5.74, 6) is 0.600. The Balaban J connectivity index is 2.34. The van der Waals surface area contributed by atoms with E-state index >= 15 is 0 Å². The maximum absolute atomic E-state index is 12.5. The molecule has 1 amide bonds. The van der Waals surface area contributed by atoms with Gasteiger partial charge in [0.2, 0.25) is 6.41 Å². The Kier molecular flexibility index (Phi) is 3.10. The van der Waals surface area contributed by atoms with Gasteiger partial charge in [-0.1, -0.05) is 6.92 Å². The normalized spacial score (nSPS) is 14.4. The standard InChI is InChI=1S/C13H15N3O2S/c1-2-10-15-12-11(13(18)16(10)14-7-17)8-5-3-4-6-9(8)19-12/h7H,2-6H2,1H3,(H,14,17). The van der Waals surface area contributed by atoms with Crippen LogP contribution in [0.5, 0.6) is 0 Å². The van der Waals surface area contributed by atoms with E-state index in [4.69, 9.17) is 0 Å². The maximum Gasteiger partial charge on any atom is 0.281 e. The summed E-state index contributed by atoms with van der Waals surface area (Å²) in [4.78, 5) is 29.8. The van der Waals surface area contributed by atoms with Crippen molar-refractivity contribution >= 4 is 28.0 Å². The summed E-state index contributed by atoms with van der Waals surface area (Å²) in [6.07, 6.45) is 5.41. The quantitative estimate of drug-likeness (QED) is 0.867. The number of aromatic nitrogens is 2. The Hall–Kier alpha value is -1.69. The zero-order valence-electron chi connectivity index (χ0n) is 10.7. The highest BCUT2D eigenvalue weighted by Crippen LogP contribution is 2.33. The molecule has 1 aliphatic carbocycles. The lowest BCUT2D eigenvalue weighted by Crippen LogP contribution is -2.32. The first kappa shape index (κ1) is 12.3. The van der Waals surface area contributed by atoms with E-state index in [1.54, 1.807) is 11.3 Å². The molecule has 100 valence electrons. The molecule has 0 bridgehead atoms. The highest BCUT2D eigenvalue weighted by Gasteiger charge is 2.21. The van der Waals surface area contributed by atoms with Crippen molar-refractivity contribution in [3.05, 3.63) is 26.6 Å². The molecule has 0 saturated heterocycles. The molecule has 0 radical (unpaired) electrons. The molecule has 19 heavy (non-hydrogen) atoms. The Bertz CT molecular complexity index is 702. The second-order valence-electron chi connectivity index (χ2n) is 4.66. The van der Waals surface area contributed by atoms with Crippen LogP contribution in [0, 0.1) is 0 Å². The van der Waals surface area contributed by atoms with Crippen molar-refractivity contribution in [1.82, 2.24) is 9.66 Å². The lowest BCUT2D eigenvalue weighted by Gasteiger charge is -2.11. The lowest BCUT2D eigenvalue weighted by molar-refractivity contribution is -0.106. The number of thiophene rings is 1. The van der Waals surface area contributed by atoms with Crippen molar-refractivity contribution in [2.24, 2.45) is 0 Å². The van der Waals surface area contributed by atoms with Crippen LogP contribution >= 0.6 is 11.3 Å². The molecule has 0 aliphatic heterocycles. The van der Waals surface area contributed by atoms with Gasteiger partial charge in [-0.15, -0.1) is 11.3 Å². The van der Waals surface area contributed by atoms with E-state index in [1.165, 1.54) is 16.0 Å². The van der Waals surface area contributed by atoms with Crippen molar-refractivity contribution < 1.29 is 4.79 Å². The molecule has 0 aromatic carbocycles. The molecule has 1 aliphatic rings. The van der Waals surface area contributed by atoms with Gasteiger partial charge in [-0.25, -0.2) is 9.66 Å². The van der Waals surface area contributed by atoms with E-state index in [0.29, 0.717) is 24.0 Å². The summed E-state index contributed by atoms with van der Waals surface area (Å²) in [5, 5.41) is 0.700. The van der Waals surface area contributed by atoms with Crippen LogP contribution in [0.15, 0.2) is 4.79 Å². The second kappa shape index (κ2) is 4.77. The van der Waals surface area contributed by atoms with E-state index in [9.17, 15) is 9.59 Å². The zero-order valence-corrected chi connectivity index (χ0v) is 11.5.